The van der Waals surface area contributed by atoms with Crippen LogP contribution in [0.4, 0.5) is 0 Å². The van der Waals surface area contributed by atoms with Crippen LogP contribution in [0.25, 0.3) is 11.1 Å². The zero-order valence-electron chi connectivity index (χ0n) is 19.1. The molecule has 0 radical (unpaired) electrons. The molecule has 4 rings (SSSR count). The van der Waals surface area contributed by atoms with Crippen molar-refractivity contribution in [3.8, 4) is 16.9 Å². The van der Waals surface area contributed by atoms with Gasteiger partial charge in [-0.15, -0.1) is 0 Å². The first-order chi connectivity index (χ1) is 16.6. The van der Waals surface area contributed by atoms with E-state index in [-0.39, 0.29) is 18.3 Å². The largest absolute Gasteiger partial charge is 0.484 e. The van der Waals surface area contributed by atoms with E-state index in [4.69, 9.17) is 4.74 Å². The SMILES string of the molecule is CCC(=O)c1ccc(OCC(=O)NCc2ccccc2-c2ccc(Cn3cccn3)cc2)cc1. The van der Waals surface area contributed by atoms with Gasteiger partial charge < -0.3 is 10.1 Å². The zero-order valence-corrected chi connectivity index (χ0v) is 19.1. The Kier molecular flexibility index (Phi) is 7.50. The monoisotopic (exact) mass is 453 g/mol. The molecule has 1 amide bonds. The molecule has 0 saturated heterocycles. The molecule has 1 aromatic heterocycles. The van der Waals surface area contributed by atoms with Gasteiger partial charge in [0.05, 0.1) is 6.54 Å². The maximum Gasteiger partial charge on any atom is 0.258 e. The predicted molar refractivity (Wildman–Crippen MR) is 132 cm³/mol. The van der Waals surface area contributed by atoms with Gasteiger partial charge in [-0.2, -0.15) is 5.10 Å². The molecule has 0 aliphatic carbocycles. The zero-order chi connectivity index (χ0) is 23.8. The average Bonchev–Trinajstić information content (AvgIpc) is 3.40. The van der Waals surface area contributed by atoms with Crippen LogP contribution in [-0.4, -0.2) is 28.1 Å². The highest BCUT2D eigenvalue weighted by atomic mass is 16.5. The molecule has 0 fully saturated rings. The highest BCUT2D eigenvalue weighted by molar-refractivity contribution is 5.95. The first-order valence-corrected chi connectivity index (χ1v) is 11.3. The van der Waals surface area contributed by atoms with Crippen molar-refractivity contribution in [2.75, 3.05) is 6.61 Å². The molecular weight excluding hydrogens is 426 g/mol. The van der Waals surface area contributed by atoms with Crippen molar-refractivity contribution in [2.24, 2.45) is 0 Å². The summed E-state index contributed by atoms with van der Waals surface area (Å²) in [6.07, 6.45) is 4.17. The molecular formula is C28H27N3O3. The maximum absolute atomic E-state index is 12.4. The van der Waals surface area contributed by atoms with Gasteiger partial charge in [0, 0.05) is 30.9 Å². The van der Waals surface area contributed by atoms with Gasteiger partial charge in [0.1, 0.15) is 5.75 Å². The summed E-state index contributed by atoms with van der Waals surface area (Å²) in [6.45, 7) is 2.86. The Labute approximate surface area is 199 Å². The Bertz CT molecular complexity index is 1230. The molecule has 1 N–H and O–H groups in total. The maximum atomic E-state index is 12.4. The number of ether oxygens (including phenoxy) is 1. The van der Waals surface area contributed by atoms with Crippen LogP contribution in [0.5, 0.6) is 5.75 Å². The van der Waals surface area contributed by atoms with Gasteiger partial charge in [-0.3, -0.25) is 14.3 Å². The third kappa shape index (κ3) is 5.98. The number of carbonyl (C=O) groups is 2. The number of aromatic nitrogens is 2. The lowest BCUT2D eigenvalue weighted by Crippen LogP contribution is -2.28. The average molecular weight is 454 g/mol. The second-order valence-electron chi connectivity index (χ2n) is 7.92. The molecule has 0 aliphatic rings. The number of nitrogens with zero attached hydrogens (tertiary/aromatic N) is 2. The number of nitrogens with one attached hydrogen (secondary N) is 1. The Morgan fingerprint density at radius 1 is 0.941 bits per heavy atom. The summed E-state index contributed by atoms with van der Waals surface area (Å²) in [7, 11) is 0. The number of rotatable bonds is 10. The van der Waals surface area contributed by atoms with E-state index < -0.39 is 0 Å². The minimum Gasteiger partial charge on any atom is -0.484 e. The van der Waals surface area contributed by atoms with Gasteiger partial charge in [0.2, 0.25) is 0 Å². The highest BCUT2D eigenvalue weighted by Gasteiger charge is 2.09. The molecule has 0 aliphatic heterocycles. The lowest BCUT2D eigenvalue weighted by molar-refractivity contribution is -0.123. The molecule has 1 heterocycles. The fourth-order valence-electron chi connectivity index (χ4n) is 3.66. The van der Waals surface area contributed by atoms with Crippen molar-refractivity contribution >= 4 is 11.7 Å². The molecule has 6 nitrogen and oxygen atoms in total. The van der Waals surface area contributed by atoms with Crippen molar-refractivity contribution in [3.05, 3.63) is 108 Å². The Morgan fingerprint density at radius 3 is 2.41 bits per heavy atom. The minimum absolute atomic E-state index is 0.0792. The molecule has 0 spiro atoms. The summed E-state index contributed by atoms with van der Waals surface area (Å²) in [6, 6.07) is 25.2. The van der Waals surface area contributed by atoms with E-state index in [1.807, 2.05) is 42.1 Å². The highest BCUT2D eigenvalue weighted by Crippen LogP contribution is 2.24. The van der Waals surface area contributed by atoms with E-state index in [9.17, 15) is 9.59 Å². The number of benzene rings is 3. The van der Waals surface area contributed by atoms with Crippen molar-refractivity contribution < 1.29 is 14.3 Å². The van der Waals surface area contributed by atoms with Crippen molar-refractivity contribution in [3.63, 3.8) is 0 Å². The lowest BCUT2D eigenvalue weighted by Gasteiger charge is -2.12. The number of carbonyl (C=O) groups excluding carboxylic acids is 2. The fraction of sp³-hybridized carbons (Fsp3) is 0.179. The number of Topliss-reactive ketones (excluding diaryl/α,β-unsaturated/α-hetero) is 1. The summed E-state index contributed by atoms with van der Waals surface area (Å²) >= 11 is 0. The van der Waals surface area contributed by atoms with E-state index in [1.165, 1.54) is 5.56 Å². The third-order valence-corrected chi connectivity index (χ3v) is 5.53. The number of ketones is 1. The third-order valence-electron chi connectivity index (χ3n) is 5.53. The summed E-state index contributed by atoms with van der Waals surface area (Å²) in [4.78, 5) is 24.1. The van der Waals surface area contributed by atoms with E-state index in [0.29, 0.717) is 24.3 Å². The number of hydrogen-bond acceptors (Lipinski definition) is 4. The van der Waals surface area contributed by atoms with E-state index in [0.717, 1.165) is 23.2 Å². The van der Waals surface area contributed by atoms with Crippen LogP contribution in [0.3, 0.4) is 0 Å². The van der Waals surface area contributed by atoms with Gasteiger partial charge in [-0.1, -0.05) is 55.5 Å². The van der Waals surface area contributed by atoms with Crippen LogP contribution in [0.1, 0.15) is 34.8 Å². The van der Waals surface area contributed by atoms with Crippen LogP contribution < -0.4 is 10.1 Å². The summed E-state index contributed by atoms with van der Waals surface area (Å²) in [5.74, 6) is 0.423. The van der Waals surface area contributed by atoms with Crippen LogP contribution in [0.2, 0.25) is 0 Å². The fourth-order valence-corrected chi connectivity index (χ4v) is 3.66. The molecule has 6 heteroatoms. The van der Waals surface area contributed by atoms with Crippen LogP contribution in [-0.2, 0) is 17.9 Å². The van der Waals surface area contributed by atoms with Crippen molar-refractivity contribution in [1.82, 2.24) is 15.1 Å². The normalized spacial score (nSPS) is 10.6. The second-order valence-corrected chi connectivity index (χ2v) is 7.92. The standard InChI is InChI=1S/C28H27N3O3/c1-2-27(32)23-12-14-25(15-13-23)34-20-28(33)29-18-24-6-3-4-7-26(24)22-10-8-21(9-11-22)19-31-17-5-16-30-31/h3-17H,2,18-20H2,1H3,(H,29,33). The predicted octanol–water partition coefficient (Wildman–Crippen LogP) is 4.89. The van der Waals surface area contributed by atoms with Crippen LogP contribution in [0.15, 0.2) is 91.3 Å². The van der Waals surface area contributed by atoms with Crippen molar-refractivity contribution in [1.29, 1.82) is 0 Å². The van der Waals surface area contributed by atoms with Crippen LogP contribution in [0, 0.1) is 0 Å². The van der Waals surface area contributed by atoms with Crippen LogP contribution >= 0.6 is 0 Å². The molecule has 0 saturated carbocycles. The van der Waals surface area contributed by atoms with Gasteiger partial charge in [-0.25, -0.2) is 0 Å². The van der Waals surface area contributed by atoms with Gasteiger partial charge >= 0.3 is 0 Å². The van der Waals surface area contributed by atoms with Gasteiger partial charge in [0.15, 0.2) is 12.4 Å². The smallest absolute Gasteiger partial charge is 0.258 e. The van der Waals surface area contributed by atoms with E-state index in [1.54, 1.807) is 30.5 Å². The topological polar surface area (TPSA) is 73.2 Å². The first-order valence-electron chi connectivity index (χ1n) is 11.3. The van der Waals surface area contributed by atoms with Gasteiger partial charge in [0.25, 0.3) is 5.91 Å². The quantitative estimate of drug-likeness (QED) is 0.347. The van der Waals surface area contributed by atoms with Crippen molar-refractivity contribution in [2.45, 2.75) is 26.4 Å². The molecule has 4 aromatic rings. The molecule has 0 atom stereocenters. The second kappa shape index (κ2) is 11.1. The van der Waals surface area contributed by atoms with E-state index in [2.05, 4.69) is 40.7 Å². The summed E-state index contributed by atoms with van der Waals surface area (Å²) in [5, 5.41) is 7.18. The van der Waals surface area contributed by atoms with E-state index >= 15 is 0 Å². The molecule has 0 unspecified atom stereocenters. The lowest BCUT2D eigenvalue weighted by atomic mass is 9.98. The molecule has 3 aromatic carbocycles. The Morgan fingerprint density at radius 2 is 1.71 bits per heavy atom. The van der Waals surface area contributed by atoms with Gasteiger partial charge in [-0.05, 0) is 52.6 Å². The Hall–Kier alpha value is -4.19. The number of hydrogen-bond donors (Lipinski definition) is 1. The summed E-state index contributed by atoms with van der Waals surface area (Å²) < 4.78 is 7.45. The number of amides is 1. The Balaban J connectivity index is 1.33. The molecule has 0 bridgehead atoms. The molecule has 34 heavy (non-hydrogen) atoms. The molecule has 172 valence electrons. The summed E-state index contributed by atoms with van der Waals surface area (Å²) in [5.41, 5.74) is 5.00. The first kappa shape index (κ1) is 23.0. The minimum atomic E-state index is -0.210.